The Morgan fingerprint density at radius 2 is 1.94 bits per heavy atom. The van der Waals surface area contributed by atoms with E-state index < -0.39 is 17.6 Å². The Kier molecular flexibility index (Phi) is 4.90. The highest BCUT2D eigenvalue weighted by molar-refractivity contribution is 6.30. The first-order valence-corrected chi connectivity index (χ1v) is 10.1. The van der Waals surface area contributed by atoms with Gasteiger partial charge in [-0.25, -0.2) is 13.8 Å². The molecule has 4 aromatic rings. The second-order valence-corrected chi connectivity index (χ2v) is 7.79. The predicted molar refractivity (Wildman–Crippen MR) is 114 cm³/mol. The number of hydrogen-bond donors (Lipinski definition) is 1. The number of halogens is 3. The second kappa shape index (κ2) is 7.76. The molecular weight excluding hydrogens is 438 g/mol. The van der Waals surface area contributed by atoms with Gasteiger partial charge in [0.2, 0.25) is 5.91 Å². The van der Waals surface area contributed by atoms with E-state index in [4.69, 9.17) is 11.6 Å². The van der Waals surface area contributed by atoms with Gasteiger partial charge in [0, 0.05) is 28.5 Å². The molecule has 1 amide bonds. The number of aryl methyl sites for hydroxylation is 1. The fourth-order valence-electron chi connectivity index (χ4n) is 3.89. The molecule has 2 aromatic carbocycles. The third kappa shape index (κ3) is 3.40. The van der Waals surface area contributed by atoms with Crippen molar-refractivity contribution in [2.45, 2.75) is 19.3 Å². The number of rotatable bonds is 3. The lowest BCUT2D eigenvalue weighted by Gasteiger charge is -2.24. The molecule has 2 aromatic heterocycles. The van der Waals surface area contributed by atoms with Gasteiger partial charge in [-0.3, -0.25) is 4.79 Å². The molecule has 10 heteroatoms. The summed E-state index contributed by atoms with van der Waals surface area (Å²) in [5, 5.41) is 15.9. The summed E-state index contributed by atoms with van der Waals surface area (Å²) in [6.45, 7) is 1.73. The first kappa shape index (κ1) is 20.2. The van der Waals surface area contributed by atoms with E-state index in [2.05, 4.69) is 25.6 Å². The lowest BCUT2D eigenvalue weighted by Crippen LogP contribution is -2.26. The topological polar surface area (TPSA) is 85.6 Å². The maximum absolute atomic E-state index is 14.6. The van der Waals surface area contributed by atoms with E-state index in [-0.39, 0.29) is 23.8 Å². The third-order valence-corrected chi connectivity index (χ3v) is 5.59. The van der Waals surface area contributed by atoms with E-state index in [0.29, 0.717) is 27.8 Å². The maximum Gasteiger partial charge on any atom is 0.272 e. The minimum Gasteiger partial charge on any atom is -0.310 e. The van der Waals surface area contributed by atoms with Crippen LogP contribution in [-0.4, -0.2) is 30.9 Å². The van der Waals surface area contributed by atoms with Crippen LogP contribution in [0.4, 0.5) is 14.6 Å². The van der Waals surface area contributed by atoms with Crippen molar-refractivity contribution in [3.63, 3.8) is 0 Å². The Bertz CT molecular complexity index is 1360. The third-order valence-electron chi connectivity index (χ3n) is 5.34. The van der Waals surface area contributed by atoms with Crippen LogP contribution in [0.25, 0.3) is 17.2 Å². The maximum atomic E-state index is 14.6. The Balaban J connectivity index is 1.63. The van der Waals surface area contributed by atoms with Gasteiger partial charge in [-0.1, -0.05) is 35.9 Å². The molecule has 160 valence electrons. The monoisotopic (exact) mass is 452 g/mol. The van der Waals surface area contributed by atoms with Crippen molar-refractivity contribution in [1.82, 2.24) is 25.0 Å². The molecule has 0 fully saturated rings. The molecule has 1 unspecified atom stereocenters. The van der Waals surface area contributed by atoms with Gasteiger partial charge >= 0.3 is 0 Å². The highest BCUT2D eigenvalue weighted by Crippen LogP contribution is 2.41. The molecule has 0 saturated carbocycles. The number of anilines is 1. The summed E-state index contributed by atoms with van der Waals surface area (Å²) in [7, 11) is 0. The lowest BCUT2D eigenvalue weighted by atomic mass is 9.85. The molecular formula is C22H15ClF2N6O. The fraction of sp³-hybridized carbons (Fsp3) is 0.136. The fourth-order valence-corrected chi connectivity index (χ4v) is 4.02. The van der Waals surface area contributed by atoms with E-state index in [0.717, 1.165) is 11.6 Å². The Labute approximate surface area is 186 Å². The number of carbonyl (C=O) groups excluding carboxylic acids is 1. The average molecular weight is 453 g/mol. The number of nitrogens with one attached hydrogen (secondary N) is 1. The number of nitrogens with zero attached hydrogens (tertiary/aromatic N) is 5. The summed E-state index contributed by atoms with van der Waals surface area (Å²) in [6.07, 6.45) is 1.46. The van der Waals surface area contributed by atoms with Crippen LogP contribution in [0.5, 0.6) is 0 Å². The van der Waals surface area contributed by atoms with Gasteiger partial charge in [0.25, 0.3) is 5.95 Å². The molecule has 1 aliphatic rings. The lowest BCUT2D eigenvalue weighted by molar-refractivity contribution is -0.116. The minimum absolute atomic E-state index is 0.0379. The first-order valence-electron chi connectivity index (χ1n) is 9.71. The number of hydrogen-bond acceptors (Lipinski definition) is 5. The van der Waals surface area contributed by atoms with Crippen LogP contribution in [0.2, 0.25) is 5.02 Å². The summed E-state index contributed by atoms with van der Waals surface area (Å²) < 4.78 is 29.8. The number of benzene rings is 2. The number of aromatic nitrogens is 5. The zero-order valence-electron chi connectivity index (χ0n) is 16.7. The molecule has 7 nitrogen and oxygen atoms in total. The second-order valence-electron chi connectivity index (χ2n) is 7.36. The summed E-state index contributed by atoms with van der Waals surface area (Å²) in [5.74, 6) is -2.56. The van der Waals surface area contributed by atoms with Crippen LogP contribution in [0.1, 0.15) is 29.2 Å². The molecule has 0 saturated heterocycles. The van der Waals surface area contributed by atoms with Crippen LogP contribution in [0.15, 0.2) is 48.7 Å². The van der Waals surface area contributed by atoms with Crippen LogP contribution >= 0.6 is 11.6 Å². The zero-order chi connectivity index (χ0) is 22.4. The molecule has 0 bridgehead atoms. The van der Waals surface area contributed by atoms with Gasteiger partial charge in [0.05, 0.1) is 17.6 Å². The van der Waals surface area contributed by atoms with E-state index in [1.54, 1.807) is 31.2 Å². The van der Waals surface area contributed by atoms with Gasteiger partial charge in [-0.15, -0.1) is 5.10 Å². The molecule has 32 heavy (non-hydrogen) atoms. The Morgan fingerprint density at radius 3 is 2.72 bits per heavy atom. The van der Waals surface area contributed by atoms with Crippen molar-refractivity contribution in [3.05, 3.63) is 82.1 Å². The SMILES string of the molecule is Cc1nn(-c2nncc(-c3ccc(Cl)cc3)n2)c2c1C(c1cccc(F)c1F)CC(=O)N2. The van der Waals surface area contributed by atoms with E-state index in [1.165, 1.54) is 23.0 Å². The number of carbonyl (C=O) groups is 1. The predicted octanol–water partition coefficient (Wildman–Crippen LogP) is 4.44. The van der Waals surface area contributed by atoms with Crippen LogP contribution < -0.4 is 5.32 Å². The van der Waals surface area contributed by atoms with Gasteiger partial charge < -0.3 is 5.32 Å². The van der Waals surface area contributed by atoms with E-state index in [9.17, 15) is 13.6 Å². The quantitative estimate of drug-likeness (QED) is 0.496. The van der Waals surface area contributed by atoms with Gasteiger partial charge in [-0.2, -0.15) is 14.9 Å². The van der Waals surface area contributed by atoms with Crippen molar-refractivity contribution in [1.29, 1.82) is 0 Å². The van der Waals surface area contributed by atoms with E-state index in [1.807, 2.05) is 0 Å². The van der Waals surface area contributed by atoms with Crippen LogP contribution in [-0.2, 0) is 4.79 Å². The molecule has 1 aliphatic heterocycles. The van der Waals surface area contributed by atoms with Crippen molar-refractivity contribution in [2.75, 3.05) is 5.32 Å². The van der Waals surface area contributed by atoms with Crippen molar-refractivity contribution in [2.24, 2.45) is 0 Å². The Morgan fingerprint density at radius 1 is 1.16 bits per heavy atom. The summed E-state index contributed by atoms with van der Waals surface area (Å²) in [4.78, 5) is 17.0. The van der Waals surface area contributed by atoms with Crippen molar-refractivity contribution >= 4 is 23.3 Å². The highest BCUT2D eigenvalue weighted by atomic mass is 35.5. The minimum atomic E-state index is -0.979. The zero-order valence-corrected chi connectivity index (χ0v) is 17.4. The molecule has 1 atom stereocenters. The van der Waals surface area contributed by atoms with Gasteiger partial charge in [0.1, 0.15) is 5.82 Å². The standard InChI is InChI=1S/C22H15ClF2N6O/c1-11-19-15(14-3-2-4-16(24)20(14)25)9-18(32)28-21(19)31(30-11)22-27-17(10-26-29-22)12-5-7-13(23)8-6-12/h2-8,10,15H,9H2,1H3,(H,28,32). The molecule has 0 spiro atoms. The van der Waals surface area contributed by atoms with Gasteiger partial charge in [-0.05, 0) is 30.7 Å². The average Bonchev–Trinajstić information content (AvgIpc) is 3.12. The van der Waals surface area contributed by atoms with E-state index >= 15 is 0 Å². The summed E-state index contributed by atoms with van der Waals surface area (Å²) in [5.41, 5.74) is 2.51. The number of amides is 1. The van der Waals surface area contributed by atoms with Crippen molar-refractivity contribution < 1.29 is 13.6 Å². The summed E-state index contributed by atoms with van der Waals surface area (Å²) >= 11 is 5.95. The van der Waals surface area contributed by atoms with Gasteiger partial charge in [0.15, 0.2) is 11.6 Å². The number of fused-ring (bicyclic) bond motifs is 1. The van der Waals surface area contributed by atoms with Crippen molar-refractivity contribution in [3.8, 4) is 17.2 Å². The molecule has 0 radical (unpaired) electrons. The highest BCUT2D eigenvalue weighted by Gasteiger charge is 2.35. The van der Waals surface area contributed by atoms with Crippen LogP contribution in [0.3, 0.4) is 0 Å². The molecule has 5 rings (SSSR count). The normalized spacial score (nSPS) is 15.4. The van der Waals surface area contributed by atoms with Crippen LogP contribution in [0, 0.1) is 18.6 Å². The molecule has 0 aliphatic carbocycles. The summed E-state index contributed by atoms with van der Waals surface area (Å²) in [6, 6.07) is 11.0. The smallest absolute Gasteiger partial charge is 0.272 e. The Hall–Kier alpha value is -3.72. The largest absolute Gasteiger partial charge is 0.310 e. The first-order chi connectivity index (χ1) is 15.4. The molecule has 3 heterocycles. The molecule has 1 N–H and O–H groups in total.